The lowest BCUT2D eigenvalue weighted by Crippen LogP contribution is -2.43. The topological polar surface area (TPSA) is 66.8 Å². The van der Waals surface area contributed by atoms with Crippen molar-refractivity contribution in [2.75, 3.05) is 32.9 Å². The molecule has 2 aliphatic rings. The van der Waals surface area contributed by atoms with E-state index in [4.69, 9.17) is 4.74 Å². The van der Waals surface area contributed by atoms with Gasteiger partial charge in [-0.15, -0.1) is 0 Å². The Morgan fingerprint density at radius 3 is 2.79 bits per heavy atom. The highest BCUT2D eigenvalue weighted by atomic mass is 32.2. The third-order valence-electron chi connectivity index (χ3n) is 5.46. The molecule has 0 radical (unpaired) electrons. The van der Waals surface area contributed by atoms with E-state index >= 15 is 0 Å². The summed E-state index contributed by atoms with van der Waals surface area (Å²) in [6.07, 6.45) is 0.794. The first kappa shape index (κ1) is 16.0. The molecule has 2 atom stereocenters. The number of sulfonamides is 1. The lowest BCUT2D eigenvalue weighted by molar-refractivity contribution is -0.0552. The normalized spacial score (nSPS) is 28.1. The van der Waals surface area contributed by atoms with Crippen molar-refractivity contribution in [1.29, 1.82) is 0 Å². The maximum absolute atomic E-state index is 13.3. The number of ether oxygens (including phenoxy) is 1. The summed E-state index contributed by atoms with van der Waals surface area (Å²) in [6, 6.07) is 12.9. The lowest BCUT2D eigenvalue weighted by atomic mass is 9.76. The Balaban J connectivity index is 1.76. The largest absolute Gasteiger partial charge is 0.396 e. The van der Waals surface area contributed by atoms with Gasteiger partial charge in [0.05, 0.1) is 18.1 Å². The average molecular weight is 347 g/mol. The third-order valence-corrected chi connectivity index (χ3v) is 7.33. The van der Waals surface area contributed by atoms with Crippen molar-refractivity contribution in [2.24, 2.45) is 11.3 Å². The number of hydrogen-bond donors (Lipinski definition) is 1. The minimum absolute atomic E-state index is 0.0424. The van der Waals surface area contributed by atoms with Crippen molar-refractivity contribution in [2.45, 2.75) is 11.3 Å². The van der Waals surface area contributed by atoms with Gasteiger partial charge in [-0.3, -0.25) is 0 Å². The summed E-state index contributed by atoms with van der Waals surface area (Å²) < 4.78 is 33.6. The summed E-state index contributed by atoms with van der Waals surface area (Å²) in [7, 11) is -3.61. The van der Waals surface area contributed by atoms with Crippen molar-refractivity contribution in [1.82, 2.24) is 4.31 Å². The van der Waals surface area contributed by atoms with Crippen LogP contribution < -0.4 is 0 Å². The molecule has 2 heterocycles. The Labute approximate surface area is 141 Å². The number of fused-ring (bicyclic) bond motifs is 2. The highest BCUT2D eigenvalue weighted by Gasteiger charge is 2.51. The van der Waals surface area contributed by atoms with Crippen LogP contribution in [0.15, 0.2) is 47.4 Å². The predicted molar refractivity (Wildman–Crippen MR) is 91.2 cm³/mol. The first-order valence-electron chi connectivity index (χ1n) is 8.23. The van der Waals surface area contributed by atoms with Gasteiger partial charge >= 0.3 is 0 Å². The van der Waals surface area contributed by atoms with Gasteiger partial charge in [-0.25, -0.2) is 8.42 Å². The number of benzene rings is 2. The number of nitrogens with zero attached hydrogens (tertiary/aromatic N) is 1. The molecule has 2 aromatic carbocycles. The van der Waals surface area contributed by atoms with E-state index in [9.17, 15) is 13.5 Å². The summed E-state index contributed by atoms with van der Waals surface area (Å²) >= 11 is 0. The quantitative estimate of drug-likeness (QED) is 0.920. The summed E-state index contributed by atoms with van der Waals surface area (Å²) in [6.45, 7) is 1.79. The molecule has 0 bridgehead atoms. The lowest BCUT2D eigenvalue weighted by Gasteiger charge is -2.36. The molecule has 0 aliphatic carbocycles. The molecule has 0 unspecified atom stereocenters. The van der Waals surface area contributed by atoms with Crippen LogP contribution in [-0.4, -0.2) is 50.7 Å². The zero-order valence-corrected chi connectivity index (χ0v) is 14.2. The molecule has 0 amide bonds. The Kier molecular flexibility index (Phi) is 3.88. The average Bonchev–Trinajstić information content (AvgIpc) is 3.02. The Morgan fingerprint density at radius 1 is 1.21 bits per heavy atom. The molecule has 2 aliphatic heterocycles. The van der Waals surface area contributed by atoms with Crippen LogP contribution in [0.4, 0.5) is 0 Å². The molecule has 2 aromatic rings. The van der Waals surface area contributed by atoms with Gasteiger partial charge < -0.3 is 9.84 Å². The van der Waals surface area contributed by atoms with E-state index in [1.807, 2.05) is 30.3 Å². The number of hydrogen-bond acceptors (Lipinski definition) is 4. The number of aliphatic hydroxyl groups excluding tert-OH is 1. The van der Waals surface area contributed by atoms with E-state index < -0.39 is 15.4 Å². The highest BCUT2D eigenvalue weighted by molar-refractivity contribution is 7.89. The van der Waals surface area contributed by atoms with Crippen LogP contribution in [0.5, 0.6) is 0 Å². The van der Waals surface area contributed by atoms with Crippen molar-refractivity contribution in [3.05, 3.63) is 42.5 Å². The second kappa shape index (κ2) is 5.81. The zero-order chi connectivity index (χ0) is 16.8. The fourth-order valence-electron chi connectivity index (χ4n) is 4.01. The monoisotopic (exact) mass is 347 g/mol. The van der Waals surface area contributed by atoms with Crippen LogP contribution in [0, 0.1) is 11.3 Å². The molecule has 128 valence electrons. The van der Waals surface area contributed by atoms with Gasteiger partial charge in [-0.2, -0.15) is 4.31 Å². The van der Waals surface area contributed by atoms with Gasteiger partial charge in [0.15, 0.2) is 0 Å². The highest BCUT2D eigenvalue weighted by Crippen LogP contribution is 2.43. The Hall–Kier alpha value is -1.47. The minimum atomic E-state index is -3.61. The van der Waals surface area contributed by atoms with E-state index in [1.165, 1.54) is 4.31 Å². The molecule has 2 fully saturated rings. The van der Waals surface area contributed by atoms with Gasteiger partial charge in [0.2, 0.25) is 10.0 Å². The van der Waals surface area contributed by atoms with Gasteiger partial charge in [-0.1, -0.05) is 36.4 Å². The fraction of sp³-hybridized carbons (Fsp3) is 0.444. The first-order valence-corrected chi connectivity index (χ1v) is 9.67. The molecule has 0 aromatic heterocycles. The van der Waals surface area contributed by atoms with Gasteiger partial charge in [-0.05, 0) is 23.8 Å². The molecule has 5 nitrogen and oxygen atoms in total. The van der Waals surface area contributed by atoms with Crippen molar-refractivity contribution >= 4 is 20.8 Å². The minimum Gasteiger partial charge on any atom is -0.396 e. The summed E-state index contributed by atoms with van der Waals surface area (Å²) in [5, 5.41) is 11.5. The van der Waals surface area contributed by atoms with Crippen LogP contribution in [0.3, 0.4) is 0 Å². The number of aliphatic hydroxyl groups is 1. The molecule has 0 saturated carbocycles. The zero-order valence-electron chi connectivity index (χ0n) is 13.4. The first-order chi connectivity index (χ1) is 11.6. The Morgan fingerprint density at radius 2 is 2.00 bits per heavy atom. The van der Waals surface area contributed by atoms with Crippen molar-refractivity contribution in [3.63, 3.8) is 0 Å². The van der Waals surface area contributed by atoms with Gasteiger partial charge in [0, 0.05) is 30.5 Å². The molecule has 2 saturated heterocycles. The molecule has 4 rings (SSSR count). The van der Waals surface area contributed by atoms with Crippen molar-refractivity contribution in [3.8, 4) is 0 Å². The number of rotatable bonds is 3. The molecular formula is C18H21NO4S. The predicted octanol–water partition coefficient (Wildman–Crippen LogP) is 1.86. The molecule has 0 spiro atoms. The SMILES string of the molecule is O=S(=O)(c1cccc2ccccc12)N1C[C@@H]2CCOC[C@]2(CO)C1. The molecule has 1 N–H and O–H groups in total. The standard InChI is InChI=1S/C18H21NO4S/c20-12-18-11-19(10-15(18)8-9-23-13-18)24(21,22)17-7-3-5-14-4-1-2-6-16(14)17/h1-7,15,20H,8-13H2/t15-,18+/m0/s1. The third kappa shape index (κ3) is 2.37. The maximum Gasteiger partial charge on any atom is 0.243 e. The molecular weight excluding hydrogens is 326 g/mol. The summed E-state index contributed by atoms with van der Waals surface area (Å²) in [5.74, 6) is 0.154. The Bertz CT molecular complexity index is 861. The van der Waals surface area contributed by atoms with Crippen LogP contribution in [-0.2, 0) is 14.8 Å². The second-order valence-corrected chi connectivity index (χ2v) is 8.74. The van der Waals surface area contributed by atoms with Gasteiger partial charge in [0.25, 0.3) is 0 Å². The second-order valence-electron chi connectivity index (χ2n) is 6.83. The van der Waals surface area contributed by atoms with E-state index in [1.54, 1.807) is 12.1 Å². The summed E-state index contributed by atoms with van der Waals surface area (Å²) in [5.41, 5.74) is -0.462. The van der Waals surface area contributed by atoms with Crippen LogP contribution >= 0.6 is 0 Å². The van der Waals surface area contributed by atoms with E-state index in [2.05, 4.69) is 0 Å². The van der Waals surface area contributed by atoms with Crippen molar-refractivity contribution < 1.29 is 18.3 Å². The summed E-state index contributed by atoms with van der Waals surface area (Å²) in [4.78, 5) is 0.341. The van der Waals surface area contributed by atoms with E-state index in [0.717, 1.165) is 17.2 Å². The van der Waals surface area contributed by atoms with Crippen LogP contribution in [0.2, 0.25) is 0 Å². The smallest absolute Gasteiger partial charge is 0.243 e. The molecule has 6 heteroatoms. The van der Waals surface area contributed by atoms with Crippen LogP contribution in [0.25, 0.3) is 10.8 Å². The van der Waals surface area contributed by atoms with E-state index in [0.29, 0.717) is 31.2 Å². The van der Waals surface area contributed by atoms with Crippen LogP contribution in [0.1, 0.15) is 6.42 Å². The van der Waals surface area contributed by atoms with Gasteiger partial charge in [0.1, 0.15) is 0 Å². The maximum atomic E-state index is 13.3. The van der Waals surface area contributed by atoms with E-state index in [-0.39, 0.29) is 12.5 Å². The fourth-order valence-corrected chi connectivity index (χ4v) is 5.81. The molecule has 24 heavy (non-hydrogen) atoms.